The molecule has 3 nitrogen and oxygen atoms in total. The molecule has 138 valence electrons. The van der Waals surface area contributed by atoms with Crippen LogP contribution < -0.4 is 9.47 Å². The minimum Gasteiger partial charge on any atom is -0.497 e. The standard InChI is InChI=1S/C22H29NO2Si/c1-22(13-14-26(3,4)5)23(16-18-9-7-6-8-10-18)17-19-15-20(24-2)11-12-21(19)25-22/h6-15H,16-17H2,1-5H3/b14-13-. The van der Waals surface area contributed by atoms with E-state index in [4.69, 9.17) is 9.47 Å². The molecule has 1 atom stereocenters. The summed E-state index contributed by atoms with van der Waals surface area (Å²) in [5.41, 5.74) is 4.37. The number of hydrogen-bond donors (Lipinski definition) is 0. The molecular weight excluding hydrogens is 338 g/mol. The van der Waals surface area contributed by atoms with E-state index in [0.29, 0.717) is 0 Å². The van der Waals surface area contributed by atoms with Gasteiger partial charge in [-0.05, 0) is 36.8 Å². The molecule has 1 unspecified atom stereocenters. The lowest BCUT2D eigenvalue weighted by Gasteiger charge is -2.44. The third-order valence-corrected chi connectivity index (χ3v) is 5.85. The first-order chi connectivity index (χ1) is 12.3. The van der Waals surface area contributed by atoms with E-state index in [1.165, 1.54) is 11.1 Å². The second-order valence-electron chi connectivity index (χ2n) is 8.17. The van der Waals surface area contributed by atoms with Crippen LogP contribution in [0.1, 0.15) is 18.1 Å². The van der Waals surface area contributed by atoms with Crippen molar-refractivity contribution in [2.75, 3.05) is 7.11 Å². The molecule has 1 aliphatic rings. The minimum absolute atomic E-state index is 0.461. The molecule has 26 heavy (non-hydrogen) atoms. The fourth-order valence-electron chi connectivity index (χ4n) is 3.12. The van der Waals surface area contributed by atoms with Crippen molar-refractivity contribution in [2.45, 2.75) is 45.4 Å². The first-order valence-electron chi connectivity index (χ1n) is 9.14. The smallest absolute Gasteiger partial charge is 0.180 e. The molecule has 4 heteroatoms. The summed E-state index contributed by atoms with van der Waals surface area (Å²) in [6.07, 6.45) is 2.26. The van der Waals surface area contributed by atoms with Crippen molar-refractivity contribution >= 4 is 8.07 Å². The Bertz CT molecular complexity index is 782. The summed E-state index contributed by atoms with van der Waals surface area (Å²) in [4.78, 5) is 2.39. The third-order valence-electron chi connectivity index (χ3n) is 4.68. The van der Waals surface area contributed by atoms with Crippen LogP contribution in [0.3, 0.4) is 0 Å². The van der Waals surface area contributed by atoms with Crippen molar-refractivity contribution < 1.29 is 9.47 Å². The maximum atomic E-state index is 6.50. The van der Waals surface area contributed by atoms with E-state index in [9.17, 15) is 0 Å². The highest BCUT2D eigenvalue weighted by Gasteiger charge is 2.37. The summed E-state index contributed by atoms with van der Waals surface area (Å²) in [7, 11) is 0.379. The molecule has 0 N–H and O–H groups in total. The highest BCUT2D eigenvalue weighted by molar-refractivity contribution is 6.80. The number of fused-ring (bicyclic) bond motifs is 1. The molecule has 2 aromatic rings. The van der Waals surface area contributed by atoms with E-state index in [-0.39, 0.29) is 0 Å². The molecule has 0 amide bonds. The number of benzene rings is 2. The van der Waals surface area contributed by atoms with Gasteiger partial charge >= 0.3 is 0 Å². The Hall–Kier alpha value is -2.04. The van der Waals surface area contributed by atoms with Gasteiger partial charge in [0, 0.05) is 18.7 Å². The first-order valence-corrected chi connectivity index (χ1v) is 12.7. The van der Waals surface area contributed by atoms with Gasteiger partial charge in [-0.25, -0.2) is 0 Å². The zero-order chi connectivity index (χ0) is 18.8. The number of methoxy groups -OCH3 is 1. The summed E-state index contributed by atoms with van der Waals surface area (Å²) in [6.45, 7) is 10.9. The van der Waals surface area contributed by atoms with Crippen LogP contribution in [0.15, 0.2) is 60.3 Å². The van der Waals surface area contributed by atoms with Gasteiger partial charge < -0.3 is 9.47 Å². The summed E-state index contributed by atoms with van der Waals surface area (Å²) in [5.74, 6) is 1.81. The lowest BCUT2D eigenvalue weighted by Crippen LogP contribution is -2.51. The van der Waals surface area contributed by atoms with Crippen LogP contribution in [0.4, 0.5) is 0 Å². The van der Waals surface area contributed by atoms with E-state index in [1.807, 2.05) is 12.1 Å². The minimum atomic E-state index is -1.32. The maximum Gasteiger partial charge on any atom is 0.180 e. The van der Waals surface area contributed by atoms with Crippen LogP contribution in [0.2, 0.25) is 19.6 Å². The third kappa shape index (κ3) is 4.37. The normalized spacial score (nSPS) is 20.7. The maximum absolute atomic E-state index is 6.50. The van der Waals surface area contributed by atoms with Crippen molar-refractivity contribution in [3.8, 4) is 11.5 Å². The fourth-order valence-corrected chi connectivity index (χ4v) is 3.93. The molecule has 0 saturated heterocycles. The number of rotatable bonds is 5. The zero-order valence-corrected chi connectivity index (χ0v) is 17.5. The Morgan fingerprint density at radius 1 is 1.15 bits per heavy atom. The summed E-state index contributed by atoms with van der Waals surface area (Å²) in [5, 5.41) is 0. The van der Waals surface area contributed by atoms with E-state index in [0.717, 1.165) is 24.6 Å². The van der Waals surface area contributed by atoms with Crippen molar-refractivity contribution in [3.63, 3.8) is 0 Å². The molecule has 1 aliphatic heterocycles. The molecule has 2 aromatic carbocycles. The fraction of sp³-hybridized carbons (Fsp3) is 0.364. The van der Waals surface area contributed by atoms with Gasteiger partial charge in [0.25, 0.3) is 0 Å². The van der Waals surface area contributed by atoms with Gasteiger partial charge in [0.05, 0.1) is 15.2 Å². The van der Waals surface area contributed by atoms with Crippen molar-refractivity contribution in [1.29, 1.82) is 0 Å². The second-order valence-corrected chi connectivity index (χ2v) is 13.2. The molecule has 0 aliphatic carbocycles. The van der Waals surface area contributed by atoms with E-state index < -0.39 is 13.8 Å². The Morgan fingerprint density at radius 2 is 1.88 bits per heavy atom. The Kier molecular flexibility index (Phi) is 5.26. The quantitative estimate of drug-likeness (QED) is 0.675. The summed E-state index contributed by atoms with van der Waals surface area (Å²) in [6, 6.07) is 16.6. The molecule has 0 aromatic heterocycles. The summed E-state index contributed by atoms with van der Waals surface area (Å²) < 4.78 is 11.9. The van der Waals surface area contributed by atoms with Gasteiger partial charge in [0.15, 0.2) is 5.72 Å². The molecular formula is C22H29NO2Si. The molecule has 0 bridgehead atoms. The number of nitrogens with zero attached hydrogens (tertiary/aromatic N) is 1. The van der Waals surface area contributed by atoms with Gasteiger partial charge in [-0.15, -0.1) is 0 Å². The molecule has 0 fully saturated rings. The Balaban J connectivity index is 1.96. The van der Waals surface area contributed by atoms with Crippen LogP contribution >= 0.6 is 0 Å². The van der Waals surface area contributed by atoms with Crippen molar-refractivity contribution in [3.05, 3.63) is 71.4 Å². The van der Waals surface area contributed by atoms with Gasteiger partial charge in [0.1, 0.15) is 11.5 Å². The average molecular weight is 368 g/mol. The Labute approximate surface area is 158 Å². The van der Waals surface area contributed by atoms with E-state index in [2.05, 4.69) is 79.6 Å². The predicted octanol–water partition coefficient (Wildman–Crippen LogP) is 5.24. The molecule has 1 heterocycles. The molecule has 0 radical (unpaired) electrons. The van der Waals surface area contributed by atoms with Gasteiger partial charge in [-0.3, -0.25) is 4.90 Å². The monoisotopic (exact) mass is 367 g/mol. The number of ether oxygens (including phenoxy) is 2. The van der Waals surface area contributed by atoms with E-state index in [1.54, 1.807) is 7.11 Å². The molecule has 0 saturated carbocycles. The zero-order valence-electron chi connectivity index (χ0n) is 16.5. The SMILES string of the molecule is COc1ccc2c(c1)CN(Cc1ccccc1)C(C)(/C=C\[Si](C)(C)C)O2. The lowest BCUT2D eigenvalue weighted by atomic mass is 10.0. The molecule has 0 spiro atoms. The highest BCUT2D eigenvalue weighted by Crippen LogP contribution is 2.37. The first kappa shape index (κ1) is 18.7. The van der Waals surface area contributed by atoms with Crippen LogP contribution in [-0.4, -0.2) is 25.8 Å². The van der Waals surface area contributed by atoms with Crippen LogP contribution in [0, 0.1) is 0 Å². The Morgan fingerprint density at radius 3 is 2.54 bits per heavy atom. The van der Waals surface area contributed by atoms with Crippen LogP contribution in [-0.2, 0) is 13.1 Å². The second kappa shape index (κ2) is 7.29. The topological polar surface area (TPSA) is 21.7 Å². The lowest BCUT2D eigenvalue weighted by molar-refractivity contribution is -0.0595. The largest absolute Gasteiger partial charge is 0.497 e. The van der Waals surface area contributed by atoms with Crippen LogP contribution in [0.5, 0.6) is 11.5 Å². The highest BCUT2D eigenvalue weighted by atomic mass is 28.3. The number of hydrogen-bond acceptors (Lipinski definition) is 3. The average Bonchev–Trinajstić information content (AvgIpc) is 2.61. The van der Waals surface area contributed by atoms with Crippen LogP contribution in [0.25, 0.3) is 0 Å². The van der Waals surface area contributed by atoms with E-state index >= 15 is 0 Å². The van der Waals surface area contributed by atoms with Gasteiger partial charge in [-0.2, -0.15) is 0 Å². The van der Waals surface area contributed by atoms with Crippen molar-refractivity contribution in [1.82, 2.24) is 4.90 Å². The van der Waals surface area contributed by atoms with Gasteiger partial charge in [0.2, 0.25) is 0 Å². The van der Waals surface area contributed by atoms with Gasteiger partial charge in [-0.1, -0.05) is 55.7 Å². The molecule has 3 rings (SSSR count). The predicted molar refractivity (Wildman–Crippen MR) is 110 cm³/mol. The van der Waals surface area contributed by atoms with Crippen molar-refractivity contribution in [2.24, 2.45) is 0 Å². The summed E-state index contributed by atoms with van der Waals surface area (Å²) >= 11 is 0.